The van der Waals surface area contributed by atoms with Gasteiger partial charge < -0.3 is 24.4 Å². The standard InChI is InChI=1S/C18H29N5O4/c1-3-15-20-14(21-27-15)11-19-17(25)23-8-4-6-18(13-23)7-5-16(24)22(12-18)9-10-26-2/h3-13H2,1-2H3,(H,19,25)/t18-/m0/s1. The average Bonchev–Trinajstić information content (AvgIpc) is 3.15. The van der Waals surface area contributed by atoms with Crippen LogP contribution in [-0.2, 0) is 22.5 Å². The highest BCUT2D eigenvalue weighted by Gasteiger charge is 2.42. The maximum Gasteiger partial charge on any atom is 0.317 e. The van der Waals surface area contributed by atoms with Gasteiger partial charge in [0.05, 0.1) is 13.2 Å². The van der Waals surface area contributed by atoms with Crippen molar-refractivity contribution in [3.8, 4) is 0 Å². The second-order valence-electron chi connectivity index (χ2n) is 7.45. The van der Waals surface area contributed by atoms with Gasteiger partial charge in [0, 0.05) is 51.5 Å². The van der Waals surface area contributed by atoms with Crippen molar-refractivity contribution in [2.24, 2.45) is 5.41 Å². The van der Waals surface area contributed by atoms with E-state index >= 15 is 0 Å². The molecule has 0 saturated carbocycles. The summed E-state index contributed by atoms with van der Waals surface area (Å²) in [5.74, 6) is 1.24. The Labute approximate surface area is 159 Å². The van der Waals surface area contributed by atoms with Gasteiger partial charge in [-0.1, -0.05) is 12.1 Å². The maximum atomic E-state index is 12.6. The molecule has 2 fully saturated rings. The number of methoxy groups -OCH3 is 1. The summed E-state index contributed by atoms with van der Waals surface area (Å²) in [4.78, 5) is 32.8. The summed E-state index contributed by atoms with van der Waals surface area (Å²) in [5.41, 5.74) is -0.0151. The number of carbonyl (C=O) groups excluding carboxylic acids is 2. The molecule has 1 aromatic heterocycles. The third-order valence-electron chi connectivity index (χ3n) is 5.47. The smallest absolute Gasteiger partial charge is 0.317 e. The molecule has 2 aliphatic heterocycles. The number of carbonyl (C=O) groups is 2. The van der Waals surface area contributed by atoms with Crippen LogP contribution in [-0.4, -0.2) is 71.8 Å². The lowest BCUT2D eigenvalue weighted by Gasteiger charge is -2.48. The van der Waals surface area contributed by atoms with Gasteiger partial charge in [-0.25, -0.2) is 4.79 Å². The molecule has 0 aliphatic carbocycles. The molecule has 0 bridgehead atoms. The van der Waals surface area contributed by atoms with E-state index in [0.717, 1.165) is 25.8 Å². The van der Waals surface area contributed by atoms with Crippen molar-refractivity contribution >= 4 is 11.9 Å². The number of ether oxygens (including phenoxy) is 1. The summed E-state index contributed by atoms with van der Waals surface area (Å²) >= 11 is 0. The second kappa shape index (κ2) is 8.69. The Kier molecular flexibility index (Phi) is 6.30. The number of piperidine rings is 2. The molecule has 2 saturated heterocycles. The van der Waals surface area contributed by atoms with Crippen LogP contribution in [0.25, 0.3) is 0 Å². The number of hydrogen-bond acceptors (Lipinski definition) is 6. The molecule has 1 spiro atoms. The minimum absolute atomic E-state index is 0.0151. The first kappa shape index (κ1) is 19.6. The Hall–Kier alpha value is -2.16. The first-order valence-corrected chi connectivity index (χ1v) is 9.66. The van der Waals surface area contributed by atoms with Gasteiger partial charge in [0.1, 0.15) is 0 Å². The number of amides is 3. The maximum absolute atomic E-state index is 12.6. The second-order valence-corrected chi connectivity index (χ2v) is 7.45. The van der Waals surface area contributed by atoms with Gasteiger partial charge in [0.25, 0.3) is 0 Å². The summed E-state index contributed by atoms with van der Waals surface area (Å²) in [6.07, 6.45) is 4.04. The minimum Gasteiger partial charge on any atom is -0.383 e. The van der Waals surface area contributed by atoms with E-state index in [1.54, 1.807) is 7.11 Å². The van der Waals surface area contributed by atoms with E-state index in [2.05, 4.69) is 15.5 Å². The predicted molar refractivity (Wildman–Crippen MR) is 96.8 cm³/mol. The lowest BCUT2D eigenvalue weighted by atomic mass is 9.73. The normalized spacial score (nSPS) is 23.1. The molecule has 150 valence electrons. The Balaban J connectivity index is 1.56. The summed E-state index contributed by atoms with van der Waals surface area (Å²) in [6, 6.07) is -0.114. The van der Waals surface area contributed by atoms with E-state index in [0.29, 0.717) is 50.8 Å². The van der Waals surface area contributed by atoms with Crippen LogP contribution < -0.4 is 5.32 Å². The SMILES string of the molecule is CCc1nc(CNC(=O)N2CCC[C@@]3(CCC(=O)N(CCOC)C3)C2)no1. The number of aryl methyl sites for hydroxylation is 1. The van der Waals surface area contributed by atoms with Crippen molar-refractivity contribution in [3.63, 3.8) is 0 Å². The van der Waals surface area contributed by atoms with E-state index in [9.17, 15) is 9.59 Å². The highest BCUT2D eigenvalue weighted by molar-refractivity contribution is 5.77. The highest BCUT2D eigenvalue weighted by atomic mass is 16.5. The summed E-state index contributed by atoms with van der Waals surface area (Å²) in [6.45, 7) is 5.44. The molecule has 3 rings (SSSR count). The fourth-order valence-electron chi connectivity index (χ4n) is 3.99. The van der Waals surface area contributed by atoms with Gasteiger partial charge in [-0.15, -0.1) is 0 Å². The summed E-state index contributed by atoms with van der Waals surface area (Å²) in [5, 5.41) is 6.74. The fraction of sp³-hybridized carbons (Fsp3) is 0.778. The van der Waals surface area contributed by atoms with E-state index in [4.69, 9.17) is 9.26 Å². The lowest BCUT2D eigenvalue weighted by molar-refractivity contribution is -0.139. The lowest BCUT2D eigenvalue weighted by Crippen LogP contribution is -2.56. The van der Waals surface area contributed by atoms with E-state index in [1.165, 1.54) is 0 Å². The third-order valence-corrected chi connectivity index (χ3v) is 5.47. The van der Waals surface area contributed by atoms with Crippen molar-refractivity contribution in [1.82, 2.24) is 25.3 Å². The number of nitrogens with zero attached hydrogens (tertiary/aromatic N) is 4. The molecule has 9 heteroatoms. The number of nitrogens with one attached hydrogen (secondary N) is 1. The molecule has 27 heavy (non-hydrogen) atoms. The topological polar surface area (TPSA) is 101 Å². The zero-order valence-electron chi connectivity index (χ0n) is 16.2. The first-order valence-electron chi connectivity index (χ1n) is 9.66. The van der Waals surface area contributed by atoms with E-state index in [-0.39, 0.29) is 23.9 Å². The van der Waals surface area contributed by atoms with Crippen LogP contribution in [0, 0.1) is 5.41 Å². The number of aromatic nitrogens is 2. The average molecular weight is 379 g/mol. The van der Waals surface area contributed by atoms with Crippen LogP contribution in [0.3, 0.4) is 0 Å². The summed E-state index contributed by atoms with van der Waals surface area (Å²) < 4.78 is 10.2. The van der Waals surface area contributed by atoms with Crippen LogP contribution >= 0.6 is 0 Å². The summed E-state index contributed by atoms with van der Waals surface area (Å²) in [7, 11) is 1.64. The fourth-order valence-corrected chi connectivity index (χ4v) is 3.99. The van der Waals surface area contributed by atoms with E-state index in [1.807, 2.05) is 16.7 Å². The minimum atomic E-state index is -0.114. The first-order chi connectivity index (χ1) is 13.0. The van der Waals surface area contributed by atoms with Crippen molar-refractivity contribution in [2.75, 3.05) is 39.9 Å². The van der Waals surface area contributed by atoms with Crippen LogP contribution in [0.4, 0.5) is 4.79 Å². The highest BCUT2D eigenvalue weighted by Crippen LogP contribution is 2.38. The Morgan fingerprint density at radius 2 is 2.22 bits per heavy atom. The third kappa shape index (κ3) is 4.77. The van der Waals surface area contributed by atoms with Crippen LogP contribution in [0.1, 0.15) is 44.3 Å². The number of urea groups is 1. The van der Waals surface area contributed by atoms with Gasteiger partial charge in [-0.2, -0.15) is 4.98 Å². The van der Waals surface area contributed by atoms with Crippen LogP contribution in [0.15, 0.2) is 4.52 Å². The van der Waals surface area contributed by atoms with Crippen LogP contribution in [0.2, 0.25) is 0 Å². The largest absolute Gasteiger partial charge is 0.383 e. The Bertz CT molecular complexity index is 664. The van der Waals surface area contributed by atoms with Crippen LogP contribution in [0.5, 0.6) is 0 Å². The molecule has 0 aromatic carbocycles. The van der Waals surface area contributed by atoms with Crippen molar-refractivity contribution < 1.29 is 18.8 Å². The van der Waals surface area contributed by atoms with Gasteiger partial charge in [0.2, 0.25) is 11.8 Å². The molecular formula is C18H29N5O4. The van der Waals surface area contributed by atoms with Gasteiger partial charge in [0.15, 0.2) is 5.82 Å². The van der Waals surface area contributed by atoms with E-state index < -0.39 is 0 Å². The number of rotatable bonds is 6. The molecule has 1 atom stereocenters. The van der Waals surface area contributed by atoms with Gasteiger partial charge in [-0.3, -0.25) is 4.79 Å². The van der Waals surface area contributed by atoms with Gasteiger partial charge in [-0.05, 0) is 19.3 Å². The molecule has 0 radical (unpaired) electrons. The van der Waals surface area contributed by atoms with Crippen molar-refractivity contribution in [1.29, 1.82) is 0 Å². The van der Waals surface area contributed by atoms with Gasteiger partial charge >= 0.3 is 6.03 Å². The predicted octanol–water partition coefficient (Wildman–Crippen LogP) is 1.19. The molecule has 3 amide bonds. The van der Waals surface area contributed by atoms with Crippen molar-refractivity contribution in [2.45, 2.75) is 45.6 Å². The molecule has 3 heterocycles. The molecule has 0 unspecified atom stereocenters. The molecule has 1 N–H and O–H groups in total. The zero-order chi connectivity index (χ0) is 19.3. The quantitative estimate of drug-likeness (QED) is 0.797. The Morgan fingerprint density at radius 1 is 1.37 bits per heavy atom. The number of hydrogen-bond donors (Lipinski definition) is 1. The van der Waals surface area contributed by atoms with Crippen molar-refractivity contribution in [3.05, 3.63) is 11.7 Å². The molecular weight excluding hydrogens is 350 g/mol. The monoisotopic (exact) mass is 379 g/mol. The zero-order valence-corrected chi connectivity index (χ0v) is 16.2. The molecule has 2 aliphatic rings. The molecule has 9 nitrogen and oxygen atoms in total. The number of likely N-dealkylation sites (tertiary alicyclic amines) is 2. The molecule has 1 aromatic rings. The Morgan fingerprint density at radius 3 is 2.96 bits per heavy atom.